The van der Waals surface area contributed by atoms with Gasteiger partial charge in [0.05, 0.1) is 12.0 Å². The number of nitrogens with one attached hydrogen (secondary N) is 1. The number of pyridine rings is 1. The second-order valence-electron chi connectivity index (χ2n) is 3.60. The van der Waals surface area contributed by atoms with Crippen LogP contribution >= 0.6 is 0 Å². The molecule has 1 rings (SSSR count). The van der Waals surface area contributed by atoms with Gasteiger partial charge < -0.3 is 15.5 Å². The van der Waals surface area contributed by atoms with Gasteiger partial charge in [-0.05, 0) is 18.6 Å². The molecule has 0 fully saturated rings. The molecule has 1 atom stereocenters. The first kappa shape index (κ1) is 13.4. The summed E-state index contributed by atoms with van der Waals surface area (Å²) < 4.78 is 0. The van der Waals surface area contributed by atoms with E-state index in [1.165, 1.54) is 6.20 Å². The maximum Gasteiger partial charge on any atom is 0.326 e. The summed E-state index contributed by atoms with van der Waals surface area (Å²) in [5, 5.41) is 28.9. The van der Waals surface area contributed by atoms with Gasteiger partial charge in [-0.2, -0.15) is 5.26 Å². The van der Waals surface area contributed by atoms with E-state index < -0.39 is 24.4 Å². The zero-order chi connectivity index (χ0) is 13.7. The van der Waals surface area contributed by atoms with E-state index in [0.717, 1.165) is 0 Å². The molecule has 0 bridgehead atoms. The molecule has 0 saturated heterocycles. The van der Waals surface area contributed by atoms with Crippen LogP contribution in [0.2, 0.25) is 0 Å². The molecule has 7 heteroatoms. The van der Waals surface area contributed by atoms with Crippen molar-refractivity contribution >= 4 is 17.8 Å². The van der Waals surface area contributed by atoms with Crippen LogP contribution < -0.4 is 5.32 Å². The molecule has 0 aromatic carbocycles. The highest BCUT2D eigenvalue weighted by atomic mass is 16.4. The van der Waals surface area contributed by atoms with E-state index in [1.807, 2.05) is 6.07 Å². The van der Waals surface area contributed by atoms with Gasteiger partial charge in [0.15, 0.2) is 0 Å². The summed E-state index contributed by atoms with van der Waals surface area (Å²) in [5.41, 5.74) is 0.837. The summed E-state index contributed by atoms with van der Waals surface area (Å²) >= 11 is 0. The van der Waals surface area contributed by atoms with Crippen LogP contribution in [0.1, 0.15) is 17.5 Å². The third kappa shape index (κ3) is 3.18. The Kier molecular flexibility index (Phi) is 4.21. The fraction of sp³-hybridized carbons (Fsp3) is 0.273. The molecule has 94 valence electrons. The second kappa shape index (κ2) is 5.63. The van der Waals surface area contributed by atoms with Crippen molar-refractivity contribution in [3.8, 4) is 6.07 Å². The zero-order valence-electron chi connectivity index (χ0n) is 9.54. The monoisotopic (exact) mass is 249 g/mol. The molecule has 0 saturated carbocycles. The molecule has 3 N–H and O–H groups in total. The van der Waals surface area contributed by atoms with Gasteiger partial charge in [0.2, 0.25) is 0 Å². The first-order chi connectivity index (χ1) is 8.45. The van der Waals surface area contributed by atoms with E-state index in [4.69, 9.17) is 15.5 Å². The van der Waals surface area contributed by atoms with Crippen molar-refractivity contribution in [3.05, 3.63) is 23.4 Å². The number of carboxylic acid groups (broad SMARTS) is 2. The number of hydrogen-bond acceptors (Lipinski definition) is 5. The summed E-state index contributed by atoms with van der Waals surface area (Å²) in [5.74, 6) is -2.49. The molecule has 1 heterocycles. The standard InChI is InChI=1S/C11H11N3O4/c1-6-2-3-13-10(7(6)5-12)14-8(11(17)18)4-9(15)16/h2-3,8H,4H2,1H3,(H,13,14)(H,15,16)(H,17,18). The SMILES string of the molecule is Cc1ccnc(NC(CC(=O)O)C(=O)O)c1C#N. The number of hydrogen-bond donors (Lipinski definition) is 3. The van der Waals surface area contributed by atoms with Crippen molar-refractivity contribution < 1.29 is 19.8 Å². The van der Waals surface area contributed by atoms with Crippen LogP contribution in [-0.4, -0.2) is 33.2 Å². The van der Waals surface area contributed by atoms with E-state index in [0.29, 0.717) is 5.56 Å². The minimum atomic E-state index is -1.33. The Morgan fingerprint density at radius 2 is 2.22 bits per heavy atom. The Bertz CT molecular complexity index is 522. The number of nitriles is 1. The van der Waals surface area contributed by atoms with Crippen molar-refractivity contribution in [3.63, 3.8) is 0 Å². The second-order valence-corrected chi connectivity index (χ2v) is 3.60. The zero-order valence-corrected chi connectivity index (χ0v) is 9.54. The number of aryl methyl sites for hydroxylation is 1. The van der Waals surface area contributed by atoms with E-state index in [2.05, 4.69) is 10.3 Å². The Morgan fingerprint density at radius 3 is 2.72 bits per heavy atom. The number of anilines is 1. The number of nitrogens with zero attached hydrogens (tertiary/aromatic N) is 2. The number of aliphatic carboxylic acids is 2. The lowest BCUT2D eigenvalue weighted by atomic mass is 10.1. The normalized spacial score (nSPS) is 11.3. The van der Waals surface area contributed by atoms with Crippen LogP contribution in [0, 0.1) is 18.3 Å². The summed E-state index contributed by atoms with van der Waals surface area (Å²) in [6, 6.07) is 2.17. The molecular formula is C11H11N3O4. The number of carboxylic acids is 2. The maximum atomic E-state index is 10.9. The molecule has 7 nitrogen and oxygen atoms in total. The van der Waals surface area contributed by atoms with Gasteiger partial charge in [0.1, 0.15) is 17.9 Å². The summed E-state index contributed by atoms with van der Waals surface area (Å²) in [7, 11) is 0. The molecule has 0 aliphatic rings. The van der Waals surface area contributed by atoms with Crippen molar-refractivity contribution in [2.24, 2.45) is 0 Å². The molecule has 18 heavy (non-hydrogen) atoms. The molecule has 0 aliphatic carbocycles. The van der Waals surface area contributed by atoms with Crippen LogP contribution in [0.4, 0.5) is 5.82 Å². The third-order valence-electron chi connectivity index (χ3n) is 2.26. The Labute approximate surface area is 103 Å². The molecule has 1 aromatic heterocycles. The topological polar surface area (TPSA) is 123 Å². The van der Waals surface area contributed by atoms with Crippen LogP contribution in [0.25, 0.3) is 0 Å². The summed E-state index contributed by atoms with van der Waals surface area (Å²) in [6.07, 6.45) is 0.814. The first-order valence-electron chi connectivity index (χ1n) is 5.02. The fourth-order valence-electron chi connectivity index (χ4n) is 1.35. The third-order valence-corrected chi connectivity index (χ3v) is 2.26. The Hall–Kier alpha value is -2.62. The van der Waals surface area contributed by atoms with Gasteiger partial charge in [-0.3, -0.25) is 4.79 Å². The predicted molar refractivity (Wildman–Crippen MR) is 61.0 cm³/mol. The maximum absolute atomic E-state index is 10.9. The van der Waals surface area contributed by atoms with Gasteiger partial charge in [-0.25, -0.2) is 9.78 Å². The van der Waals surface area contributed by atoms with Gasteiger partial charge in [-0.15, -0.1) is 0 Å². The molecule has 0 radical (unpaired) electrons. The average molecular weight is 249 g/mol. The quantitative estimate of drug-likeness (QED) is 0.698. The average Bonchev–Trinajstić information content (AvgIpc) is 2.27. The van der Waals surface area contributed by atoms with E-state index in [1.54, 1.807) is 13.0 Å². The smallest absolute Gasteiger partial charge is 0.326 e. The van der Waals surface area contributed by atoms with Gasteiger partial charge in [0.25, 0.3) is 0 Å². The van der Waals surface area contributed by atoms with Crippen LogP contribution in [-0.2, 0) is 9.59 Å². The number of aromatic nitrogens is 1. The molecule has 0 spiro atoms. The van der Waals surface area contributed by atoms with Gasteiger partial charge in [0, 0.05) is 6.20 Å². The lowest BCUT2D eigenvalue weighted by molar-refractivity contribution is -0.144. The van der Waals surface area contributed by atoms with Gasteiger partial charge >= 0.3 is 11.9 Å². The van der Waals surface area contributed by atoms with E-state index in [9.17, 15) is 9.59 Å². The highest BCUT2D eigenvalue weighted by molar-refractivity contribution is 5.83. The molecule has 1 unspecified atom stereocenters. The molecule has 0 amide bonds. The number of rotatable bonds is 5. The minimum Gasteiger partial charge on any atom is -0.481 e. The van der Waals surface area contributed by atoms with Crippen molar-refractivity contribution in [2.45, 2.75) is 19.4 Å². The largest absolute Gasteiger partial charge is 0.481 e. The molecular weight excluding hydrogens is 238 g/mol. The summed E-state index contributed by atoms with van der Waals surface area (Å²) in [6.45, 7) is 1.68. The first-order valence-corrected chi connectivity index (χ1v) is 5.02. The predicted octanol–water partition coefficient (Wildman–Crippen LogP) is 0.601. The Balaban J connectivity index is 3.01. The minimum absolute atomic E-state index is 0.0751. The lowest BCUT2D eigenvalue weighted by Crippen LogP contribution is -2.32. The van der Waals surface area contributed by atoms with Crippen LogP contribution in [0.15, 0.2) is 12.3 Å². The van der Waals surface area contributed by atoms with E-state index in [-0.39, 0.29) is 11.4 Å². The molecule has 0 aliphatic heterocycles. The van der Waals surface area contributed by atoms with Crippen molar-refractivity contribution in [1.29, 1.82) is 5.26 Å². The summed E-state index contributed by atoms with van der Waals surface area (Å²) in [4.78, 5) is 25.3. The molecule has 1 aromatic rings. The Morgan fingerprint density at radius 1 is 1.56 bits per heavy atom. The van der Waals surface area contributed by atoms with Crippen molar-refractivity contribution in [2.75, 3.05) is 5.32 Å². The van der Waals surface area contributed by atoms with Crippen LogP contribution in [0.3, 0.4) is 0 Å². The fourth-order valence-corrected chi connectivity index (χ4v) is 1.35. The van der Waals surface area contributed by atoms with Crippen LogP contribution in [0.5, 0.6) is 0 Å². The highest BCUT2D eigenvalue weighted by Crippen LogP contribution is 2.16. The lowest BCUT2D eigenvalue weighted by Gasteiger charge is -2.14. The number of carbonyl (C=O) groups is 2. The van der Waals surface area contributed by atoms with Crippen molar-refractivity contribution in [1.82, 2.24) is 4.98 Å². The van der Waals surface area contributed by atoms with E-state index >= 15 is 0 Å². The van der Waals surface area contributed by atoms with Gasteiger partial charge in [-0.1, -0.05) is 0 Å². The highest BCUT2D eigenvalue weighted by Gasteiger charge is 2.22.